The van der Waals surface area contributed by atoms with Gasteiger partial charge in [-0.1, -0.05) is 31.5 Å². The average molecular weight is 369 g/mol. The summed E-state index contributed by atoms with van der Waals surface area (Å²) in [6, 6.07) is 5.65. The van der Waals surface area contributed by atoms with E-state index in [0.717, 1.165) is 24.3 Å². The molecule has 6 nitrogen and oxygen atoms in total. The highest BCUT2D eigenvalue weighted by molar-refractivity contribution is 6.31. The Morgan fingerprint density at radius 3 is 2.60 bits per heavy atom. The Balaban J connectivity index is 2.62. The van der Waals surface area contributed by atoms with Crippen molar-refractivity contribution in [3.63, 3.8) is 0 Å². The fourth-order valence-electron chi connectivity index (χ4n) is 1.94. The monoisotopic (exact) mass is 368 g/mol. The highest BCUT2D eigenvalue weighted by Crippen LogP contribution is 2.22. The van der Waals surface area contributed by atoms with Crippen molar-refractivity contribution in [2.45, 2.75) is 20.3 Å². The molecule has 2 N–H and O–H groups in total. The fourth-order valence-corrected chi connectivity index (χ4v) is 2.20. The molecule has 0 bridgehead atoms. The van der Waals surface area contributed by atoms with Gasteiger partial charge in [0.15, 0.2) is 5.96 Å². The van der Waals surface area contributed by atoms with Gasteiger partial charge in [0.05, 0.1) is 7.11 Å². The lowest BCUT2D eigenvalue weighted by Gasteiger charge is -2.15. The maximum absolute atomic E-state index is 11.7. The van der Waals surface area contributed by atoms with Gasteiger partial charge in [0.25, 0.3) is 0 Å². The molecule has 0 aliphatic carbocycles. The maximum atomic E-state index is 11.7. The van der Waals surface area contributed by atoms with Crippen LogP contribution in [0.1, 0.15) is 19.4 Å². The van der Waals surface area contributed by atoms with E-state index in [1.54, 1.807) is 27.3 Å². The van der Waals surface area contributed by atoms with Crippen LogP contribution in [0.3, 0.4) is 0 Å². The van der Waals surface area contributed by atoms with Gasteiger partial charge in [0.1, 0.15) is 12.3 Å². The highest BCUT2D eigenvalue weighted by Gasteiger charge is 2.06. The van der Waals surface area contributed by atoms with E-state index in [0.29, 0.717) is 23.4 Å². The third kappa shape index (κ3) is 8.12. The van der Waals surface area contributed by atoms with E-state index in [2.05, 4.69) is 29.5 Å². The number of carbonyl (C=O) groups excluding carboxylic acids is 1. The zero-order chi connectivity index (χ0) is 18.8. The summed E-state index contributed by atoms with van der Waals surface area (Å²) >= 11 is 6.26. The van der Waals surface area contributed by atoms with E-state index in [1.807, 2.05) is 12.1 Å². The van der Waals surface area contributed by atoms with Crippen LogP contribution in [-0.2, 0) is 11.2 Å². The minimum Gasteiger partial charge on any atom is -0.497 e. The van der Waals surface area contributed by atoms with Crippen LogP contribution in [0.2, 0.25) is 5.02 Å². The van der Waals surface area contributed by atoms with Crippen molar-refractivity contribution in [2.24, 2.45) is 10.9 Å². The molecule has 0 fully saturated rings. The fraction of sp³-hybridized carbons (Fsp3) is 0.556. The lowest BCUT2D eigenvalue weighted by molar-refractivity contribution is -0.127. The van der Waals surface area contributed by atoms with E-state index in [4.69, 9.17) is 16.3 Å². The molecule has 0 saturated heterocycles. The largest absolute Gasteiger partial charge is 0.497 e. The third-order valence-corrected chi connectivity index (χ3v) is 3.85. The van der Waals surface area contributed by atoms with Gasteiger partial charge >= 0.3 is 0 Å². The Labute approximate surface area is 155 Å². The smallest absolute Gasteiger partial charge is 0.243 e. The molecule has 0 atom stereocenters. The second-order valence-corrected chi connectivity index (χ2v) is 6.77. The van der Waals surface area contributed by atoms with E-state index in [1.165, 1.54) is 4.90 Å². The van der Waals surface area contributed by atoms with Gasteiger partial charge in [0.2, 0.25) is 5.91 Å². The molecule has 1 amide bonds. The number of amides is 1. The first-order valence-electron chi connectivity index (χ1n) is 8.38. The second kappa shape index (κ2) is 10.8. The van der Waals surface area contributed by atoms with Crippen molar-refractivity contribution in [2.75, 3.05) is 40.8 Å². The van der Waals surface area contributed by atoms with Gasteiger partial charge in [-0.2, -0.15) is 0 Å². The number of nitrogens with one attached hydrogen (secondary N) is 2. The lowest BCUT2D eigenvalue weighted by atomic mass is 10.1. The van der Waals surface area contributed by atoms with Gasteiger partial charge in [-0.25, -0.2) is 4.99 Å². The number of ether oxygens (including phenoxy) is 1. The number of hydrogen-bond acceptors (Lipinski definition) is 3. The summed E-state index contributed by atoms with van der Waals surface area (Å²) in [4.78, 5) is 17.6. The Bertz CT molecular complexity index is 588. The molecule has 0 spiro atoms. The summed E-state index contributed by atoms with van der Waals surface area (Å²) in [5.74, 6) is 1.81. The van der Waals surface area contributed by atoms with E-state index >= 15 is 0 Å². The van der Waals surface area contributed by atoms with Crippen molar-refractivity contribution in [3.8, 4) is 5.75 Å². The zero-order valence-electron chi connectivity index (χ0n) is 15.7. The molecule has 1 rings (SSSR count). The van der Waals surface area contributed by atoms with Crippen molar-refractivity contribution in [3.05, 3.63) is 28.8 Å². The summed E-state index contributed by atoms with van der Waals surface area (Å²) < 4.78 is 5.16. The predicted molar refractivity (Wildman–Crippen MR) is 104 cm³/mol. The zero-order valence-corrected chi connectivity index (χ0v) is 16.5. The molecule has 0 aliphatic rings. The first kappa shape index (κ1) is 21.1. The number of methoxy groups -OCH3 is 1. The van der Waals surface area contributed by atoms with E-state index in [9.17, 15) is 4.79 Å². The highest BCUT2D eigenvalue weighted by atomic mass is 35.5. The second-order valence-electron chi connectivity index (χ2n) is 6.36. The van der Waals surface area contributed by atoms with Crippen LogP contribution in [0.15, 0.2) is 23.2 Å². The molecular formula is C18H29ClN4O2. The summed E-state index contributed by atoms with van der Waals surface area (Å²) in [6.07, 6.45) is 0.743. The van der Waals surface area contributed by atoms with Crippen LogP contribution in [0.4, 0.5) is 0 Å². The Morgan fingerprint density at radius 1 is 1.32 bits per heavy atom. The van der Waals surface area contributed by atoms with Crippen LogP contribution < -0.4 is 15.4 Å². The molecule has 1 aromatic rings. The van der Waals surface area contributed by atoms with Gasteiger partial charge < -0.3 is 20.3 Å². The van der Waals surface area contributed by atoms with Crippen molar-refractivity contribution in [1.82, 2.24) is 15.5 Å². The number of rotatable bonds is 8. The first-order valence-corrected chi connectivity index (χ1v) is 8.76. The number of carbonyl (C=O) groups is 1. The minimum absolute atomic E-state index is 0.0381. The maximum Gasteiger partial charge on any atom is 0.243 e. The third-order valence-electron chi connectivity index (χ3n) is 3.50. The summed E-state index contributed by atoms with van der Waals surface area (Å²) in [7, 11) is 5.06. The van der Waals surface area contributed by atoms with Crippen LogP contribution in [0, 0.1) is 5.92 Å². The molecule has 0 aromatic heterocycles. The van der Waals surface area contributed by atoms with Gasteiger partial charge in [-0.15, -0.1) is 0 Å². The van der Waals surface area contributed by atoms with Crippen LogP contribution in [0.25, 0.3) is 0 Å². The summed E-state index contributed by atoms with van der Waals surface area (Å²) in [6.45, 7) is 5.79. The molecule has 0 aliphatic heterocycles. The molecule has 0 heterocycles. The van der Waals surface area contributed by atoms with Gasteiger partial charge in [-0.05, 0) is 30.0 Å². The number of benzene rings is 1. The number of hydrogen-bond donors (Lipinski definition) is 2. The predicted octanol–water partition coefficient (Wildman–Crippen LogP) is 2.17. The number of guanidine groups is 1. The Hall–Kier alpha value is -1.95. The number of likely N-dealkylation sites (N-methyl/N-ethyl adjacent to an activating group) is 1. The van der Waals surface area contributed by atoms with E-state index in [-0.39, 0.29) is 12.5 Å². The van der Waals surface area contributed by atoms with Crippen molar-refractivity contribution < 1.29 is 9.53 Å². The molecular weight excluding hydrogens is 340 g/mol. The van der Waals surface area contributed by atoms with Crippen molar-refractivity contribution >= 4 is 23.5 Å². The topological polar surface area (TPSA) is 66.0 Å². The summed E-state index contributed by atoms with van der Waals surface area (Å²) in [5.41, 5.74) is 1.03. The molecule has 0 unspecified atom stereocenters. The van der Waals surface area contributed by atoms with Crippen LogP contribution in [0.5, 0.6) is 5.75 Å². The first-order chi connectivity index (χ1) is 11.8. The normalized spacial score (nSPS) is 11.4. The van der Waals surface area contributed by atoms with Crippen LogP contribution >= 0.6 is 11.6 Å². The minimum atomic E-state index is -0.0381. The van der Waals surface area contributed by atoms with Crippen LogP contribution in [-0.4, -0.2) is 57.6 Å². The van der Waals surface area contributed by atoms with Gasteiger partial charge in [0, 0.05) is 32.2 Å². The van der Waals surface area contributed by atoms with E-state index < -0.39 is 0 Å². The number of aliphatic imine (C=N–C) groups is 1. The molecule has 0 saturated carbocycles. The molecule has 0 radical (unpaired) electrons. The standard InChI is InChI=1S/C18H29ClN4O2/c1-13(2)11-21-18(22-12-17(24)23(3)4)20-9-8-14-6-7-15(25-5)10-16(14)19/h6-7,10,13H,8-9,11-12H2,1-5H3,(H2,20,21,22). The summed E-state index contributed by atoms with van der Waals surface area (Å²) in [5, 5.41) is 7.18. The SMILES string of the molecule is COc1ccc(CCNC(=NCC(=O)N(C)C)NCC(C)C)c(Cl)c1. The molecule has 25 heavy (non-hydrogen) atoms. The average Bonchev–Trinajstić information content (AvgIpc) is 2.57. The lowest BCUT2D eigenvalue weighted by Crippen LogP contribution is -2.41. The molecule has 7 heteroatoms. The van der Waals surface area contributed by atoms with Gasteiger partial charge in [-0.3, -0.25) is 4.79 Å². The van der Waals surface area contributed by atoms with Crippen molar-refractivity contribution in [1.29, 1.82) is 0 Å². The molecule has 140 valence electrons. The quantitative estimate of drug-likeness (QED) is 0.545. The number of nitrogens with zero attached hydrogens (tertiary/aromatic N) is 2. The molecule has 1 aromatic carbocycles. The Morgan fingerprint density at radius 2 is 2.04 bits per heavy atom. The Kier molecular flexibility index (Phi) is 9.13. The number of halogens is 1.